The van der Waals surface area contributed by atoms with Crippen LogP contribution in [0.3, 0.4) is 0 Å². The standard InChI is InChI=1S/C21H22N4O5S/c1-4-25-20(26)17(31-11-13-5-8-18(27-2)24-19(13)28-3)10-22-21(25)23-14-6-7-15-16(9-14)30-12-29-15/h5-10H,4,11-12H2,1-3H3,(H,22,23). The molecule has 1 aromatic carbocycles. The molecular weight excluding hydrogens is 420 g/mol. The Kier molecular flexibility index (Phi) is 6.17. The number of hydrogen-bond acceptors (Lipinski definition) is 9. The molecule has 0 spiro atoms. The van der Waals surface area contributed by atoms with Gasteiger partial charge in [0.15, 0.2) is 11.5 Å². The Bertz CT molecular complexity index is 1150. The van der Waals surface area contributed by atoms with Gasteiger partial charge in [-0.05, 0) is 25.1 Å². The summed E-state index contributed by atoms with van der Waals surface area (Å²) in [5.74, 6) is 3.26. The molecule has 0 bridgehead atoms. The van der Waals surface area contributed by atoms with Gasteiger partial charge < -0.3 is 24.3 Å². The Morgan fingerprint density at radius 2 is 2.00 bits per heavy atom. The zero-order chi connectivity index (χ0) is 21.8. The van der Waals surface area contributed by atoms with E-state index >= 15 is 0 Å². The van der Waals surface area contributed by atoms with Gasteiger partial charge in [-0.2, -0.15) is 4.98 Å². The molecule has 0 radical (unpaired) electrons. The van der Waals surface area contributed by atoms with Crippen LogP contribution in [0.5, 0.6) is 23.3 Å². The normalized spacial score (nSPS) is 12.0. The molecule has 0 aliphatic carbocycles. The zero-order valence-corrected chi connectivity index (χ0v) is 18.2. The summed E-state index contributed by atoms with van der Waals surface area (Å²) >= 11 is 1.38. The van der Waals surface area contributed by atoms with Gasteiger partial charge in [-0.3, -0.25) is 9.36 Å². The highest BCUT2D eigenvalue weighted by Gasteiger charge is 2.16. The Balaban J connectivity index is 1.53. The minimum Gasteiger partial charge on any atom is -0.481 e. The molecule has 1 aliphatic heterocycles. The van der Waals surface area contributed by atoms with Crippen LogP contribution in [-0.4, -0.2) is 35.5 Å². The van der Waals surface area contributed by atoms with Crippen molar-refractivity contribution in [2.45, 2.75) is 24.1 Å². The highest BCUT2D eigenvalue weighted by atomic mass is 32.2. The van der Waals surface area contributed by atoms with Crippen molar-refractivity contribution in [3.05, 3.63) is 52.4 Å². The van der Waals surface area contributed by atoms with Crippen molar-refractivity contribution in [3.8, 4) is 23.3 Å². The summed E-state index contributed by atoms with van der Waals surface area (Å²) in [6.07, 6.45) is 1.58. The van der Waals surface area contributed by atoms with Gasteiger partial charge in [0.05, 0.1) is 25.3 Å². The number of nitrogens with one attached hydrogen (secondary N) is 1. The molecule has 2 aromatic heterocycles. The van der Waals surface area contributed by atoms with Crippen molar-refractivity contribution in [2.75, 3.05) is 26.3 Å². The van der Waals surface area contributed by atoms with E-state index in [1.54, 1.807) is 31.0 Å². The van der Waals surface area contributed by atoms with Crippen LogP contribution in [-0.2, 0) is 12.3 Å². The van der Waals surface area contributed by atoms with Crippen LogP contribution in [0.1, 0.15) is 12.5 Å². The molecule has 1 aliphatic rings. The van der Waals surface area contributed by atoms with Crippen LogP contribution in [0.15, 0.2) is 46.2 Å². The molecule has 0 saturated carbocycles. The van der Waals surface area contributed by atoms with Crippen molar-refractivity contribution in [3.63, 3.8) is 0 Å². The van der Waals surface area contributed by atoms with Crippen molar-refractivity contribution in [1.82, 2.24) is 14.5 Å². The third-order valence-electron chi connectivity index (χ3n) is 4.66. The zero-order valence-electron chi connectivity index (χ0n) is 17.4. The summed E-state index contributed by atoms with van der Waals surface area (Å²) in [4.78, 5) is 22.3. The van der Waals surface area contributed by atoms with Crippen LogP contribution in [0.2, 0.25) is 0 Å². The second-order valence-corrected chi connectivity index (χ2v) is 7.52. The number of aromatic nitrogens is 3. The molecule has 0 atom stereocenters. The quantitative estimate of drug-likeness (QED) is 0.526. The molecule has 3 aromatic rings. The molecule has 3 heterocycles. The predicted octanol–water partition coefficient (Wildman–Crippen LogP) is 3.44. The topological polar surface area (TPSA) is 96.7 Å². The van der Waals surface area contributed by atoms with Crippen molar-refractivity contribution in [1.29, 1.82) is 0 Å². The first-order valence-corrected chi connectivity index (χ1v) is 10.6. The van der Waals surface area contributed by atoms with Crippen LogP contribution in [0.4, 0.5) is 11.6 Å². The van der Waals surface area contributed by atoms with Gasteiger partial charge in [0, 0.05) is 35.7 Å². The highest BCUT2D eigenvalue weighted by molar-refractivity contribution is 7.98. The number of hydrogen-bond donors (Lipinski definition) is 1. The fraction of sp³-hybridized carbons (Fsp3) is 0.286. The number of thioether (sulfide) groups is 1. The summed E-state index contributed by atoms with van der Waals surface area (Å²) in [6, 6.07) is 9.13. The van der Waals surface area contributed by atoms with Crippen LogP contribution in [0, 0.1) is 0 Å². The Labute approximate surface area is 183 Å². The Hall–Kier alpha value is -3.40. The molecule has 0 amide bonds. The summed E-state index contributed by atoms with van der Waals surface area (Å²) in [5.41, 5.74) is 1.50. The maximum atomic E-state index is 13.0. The lowest BCUT2D eigenvalue weighted by atomic mass is 10.3. The van der Waals surface area contributed by atoms with Gasteiger partial charge >= 0.3 is 0 Å². The van der Waals surface area contributed by atoms with Crippen molar-refractivity contribution in [2.24, 2.45) is 0 Å². The number of fused-ring (bicyclic) bond motifs is 1. The van der Waals surface area contributed by atoms with Gasteiger partial charge in [-0.25, -0.2) is 4.98 Å². The van der Waals surface area contributed by atoms with Gasteiger partial charge in [-0.1, -0.05) is 0 Å². The Morgan fingerprint density at radius 3 is 2.77 bits per heavy atom. The van der Waals surface area contributed by atoms with E-state index in [4.69, 9.17) is 18.9 Å². The molecule has 9 nitrogen and oxygen atoms in total. The lowest BCUT2D eigenvalue weighted by Gasteiger charge is -2.14. The molecule has 0 unspecified atom stereocenters. The molecule has 0 saturated heterocycles. The lowest BCUT2D eigenvalue weighted by molar-refractivity contribution is 0.174. The summed E-state index contributed by atoms with van der Waals surface area (Å²) in [7, 11) is 3.10. The first-order chi connectivity index (χ1) is 15.1. The average molecular weight is 442 g/mol. The number of methoxy groups -OCH3 is 2. The number of rotatable bonds is 8. The van der Waals surface area contributed by atoms with Crippen LogP contribution < -0.4 is 29.8 Å². The second kappa shape index (κ2) is 9.17. The van der Waals surface area contributed by atoms with E-state index in [9.17, 15) is 4.79 Å². The minimum absolute atomic E-state index is 0.119. The maximum absolute atomic E-state index is 13.0. The van der Waals surface area contributed by atoms with Crippen molar-refractivity contribution < 1.29 is 18.9 Å². The minimum atomic E-state index is -0.119. The largest absolute Gasteiger partial charge is 0.481 e. The second-order valence-electron chi connectivity index (χ2n) is 6.50. The van der Waals surface area contributed by atoms with E-state index < -0.39 is 0 Å². The van der Waals surface area contributed by atoms with Gasteiger partial charge in [-0.15, -0.1) is 11.8 Å². The maximum Gasteiger partial charge on any atom is 0.268 e. The van der Waals surface area contributed by atoms with E-state index in [0.717, 1.165) is 11.3 Å². The lowest BCUT2D eigenvalue weighted by Crippen LogP contribution is -2.24. The van der Waals surface area contributed by atoms with E-state index in [1.807, 2.05) is 31.2 Å². The number of nitrogens with zero attached hydrogens (tertiary/aromatic N) is 3. The average Bonchev–Trinajstić information content (AvgIpc) is 3.26. The highest BCUT2D eigenvalue weighted by Crippen LogP contribution is 2.35. The van der Waals surface area contributed by atoms with E-state index in [0.29, 0.717) is 46.4 Å². The molecule has 0 fully saturated rings. The van der Waals surface area contributed by atoms with Crippen LogP contribution >= 0.6 is 11.8 Å². The summed E-state index contributed by atoms with van der Waals surface area (Å²) in [6.45, 7) is 2.58. The predicted molar refractivity (Wildman–Crippen MR) is 117 cm³/mol. The fourth-order valence-corrected chi connectivity index (χ4v) is 3.97. The summed E-state index contributed by atoms with van der Waals surface area (Å²) < 4.78 is 22.8. The third-order valence-corrected chi connectivity index (χ3v) is 5.71. The van der Waals surface area contributed by atoms with Gasteiger partial charge in [0.25, 0.3) is 5.56 Å². The third kappa shape index (κ3) is 4.38. The molecule has 162 valence electrons. The number of pyridine rings is 1. The number of ether oxygens (including phenoxy) is 4. The SMILES string of the molecule is CCn1c(Nc2ccc3c(c2)OCO3)ncc(SCc2ccc(OC)nc2OC)c1=O. The molecule has 10 heteroatoms. The molecule has 1 N–H and O–H groups in total. The van der Waals surface area contributed by atoms with Crippen LogP contribution in [0.25, 0.3) is 0 Å². The number of benzene rings is 1. The first-order valence-electron chi connectivity index (χ1n) is 9.60. The van der Waals surface area contributed by atoms with E-state index in [-0.39, 0.29) is 12.4 Å². The Morgan fingerprint density at radius 1 is 1.16 bits per heavy atom. The monoisotopic (exact) mass is 442 g/mol. The smallest absolute Gasteiger partial charge is 0.268 e. The molecule has 31 heavy (non-hydrogen) atoms. The number of anilines is 2. The molecular formula is C21H22N4O5S. The fourth-order valence-electron chi connectivity index (χ4n) is 3.08. The van der Waals surface area contributed by atoms with Crippen molar-refractivity contribution >= 4 is 23.4 Å². The van der Waals surface area contributed by atoms with Gasteiger partial charge in [0.1, 0.15) is 0 Å². The summed E-state index contributed by atoms with van der Waals surface area (Å²) in [5, 5.41) is 3.19. The van der Waals surface area contributed by atoms with Gasteiger partial charge in [0.2, 0.25) is 24.5 Å². The molecule has 4 rings (SSSR count). The van der Waals surface area contributed by atoms with E-state index in [2.05, 4.69) is 15.3 Å². The van der Waals surface area contributed by atoms with E-state index in [1.165, 1.54) is 11.8 Å². The first kappa shape index (κ1) is 20.9.